The van der Waals surface area contributed by atoms with Crippen molar-refractivity contribution in [2.45, 2.75) is 32.4 Å². The molecule has 1 aromatic heterocycles. The van der Waals surface area contributed by atoms with E-state index < -0.39 is 0 Å². The Kier molecular flexibility index (Phi) is 4.55. The number of aromatic nitrogens is 1. The van der Waals surface area contributed by atoms with Crippen LogP contribution in [0.4, 0.5) is 5.69 Å². The molecule has 0 bridgehead atoms. The predicted octanol–water partition coefficient (Wildman–Crippen LogP) is 1.46. The molecule has 1 atom stereocenters. The average Bonchev–Trinajstić information content (AvgIpc) is 2.85. The molecule has 1 aliphatic rings. The van der Waals surface area contributed by atoms with Gasteiger partial charge in [0, 0.05) is 32.4 Å². The monoisotopic (exact) mass is 248 g/mol. The zero-order valence-corrected chi connectivity index (χ0v) is 11.5. The molecule has 0 radical (unpaired) electrons. The minimum absolute atomic E-state index is 0.503. The Hall–Kier alpha value is -1.13. The molecular weight excluding hydrogens is 224 g/mol. The van der Waals surface area contributed by atoms with Gasteiger partial charge < -0.3 is 10.6 Å². The lowest BCUT2D eigenvalue weighted by atomic mass is 10.2. The van der Waals surface area contributed by atoms with E-state index in [1.807, 2.05) is 12.3 Å². The second-order valence-electron chi connectivity index (χ2n) is 4.98. The van der Waals surface area contributed by atoms with E-state index >= 15 is 0 Å². The van der Waals surface area contributed by atoms with Crippen LogP contribution in [0.5, 0.6) is 0 Å². The highest BCUT2D eigenvalue weighted by Gasteiger charge is 2.24. The Morgan fingerprint density at radius 1 is 1.56 bits per heavy atom. The Labute approximate surface area is 110 Å². The molecule has 2 heterocycles. The van der Waals surface area contributed by atoms with Gasteiger partial charge in [0.15, 0.2) is 0 Å². The number of hydrogen-bond acceptors (Lipinski definition) is 4. The molecule has 18 heavy (non-hydrogen) atoms. The summed E-state index contributed by atoms with van der Waals surface area (Å²) in [5, 5.41) is 0. The number of rotatable bonds is 5. The van der Waals surface area contributed by atoms with E-state index in [-0.39, 0.29) is 0 Å². The third kappa shape index (κ3) is 2.82. The molecule has 2 rings (SSSR count). The number of nitrogens with zero attached hydrogens (tertiary/aromatic N) is 3. The molecule has 0 saturated carbocycles. The molecule has 1 saturated heterocycles. The third-order valence-electron chi connectivity index (χ3n) is 3.86. The molecular formula is C14H24N4. The van der Waals surface area contributed by atoms with E-state index in [1.54, 1.807) is 0 Å². The molecule has 0 spiro atoms. The summed E-state index contributed by atoms with van der Waals surface area (Å²) in [6.07, 6.45) is 4.44. The molecule has 1 aromatic rings. The lowest BCUT2D eigenvalue weighted by Gasteiger charge is -2.29. The Balaban J connectivity index is 2.05. The van der Waals surface area contributed by atoms with E-state index in [9.17, 15) is 0 Å². The normalized spacial score (nSPS) is 20.3. The summed E-state index contributed by atoms with van der Waals surface area (Å²) in [7, 11) is 2.14. The van der Waals surface area contributed by atoms with E-state index in [4.69, 9.17) is 5.73 Å². The van der Waals surface area contributed by atoms with Crippen molar-refractivity contribution in [3.8, 4) is 0 Å². The zero-order chi connectivity index (χ0) is 13.0. The van der Waals surface area contributed by atoms with Crippen molar-refractivity contribution in [1.82, 2.24) is 9.88 Å². The van der Waals surface area contributed by atoms with Crippen molar-refractivity contribution < 1.29 is 0 Å². The van der Waals surface area contributed by atoms with E-state index in [0.29, 0.717) is 12.6 Å². The molecule has 4 nitrogen and oxygen atoms in total. The first-order valence-electron chi connectivity index (χ1n) is 6.85. The standard InChI is InChI=1S/C14H24N4/c1-3-18-9-5-6-12(18)11-17(2)14-7-4-8-16-13(14)10-15/h4,7-8,12H,3,5-6,9-11,15H2,1-2H3. The minimum atomic E-state index is 0.503. The fraction of sp³-hybridized carbons (Fsp3) is 0.643. The van der Waals surface area contributed by atoms with Crippen LogP contribution in [0.25, 0.3) is 0 Å². The summed E-state index contributed by atoms with van der Waals surface area (Å²) < 4.78 is 0. The molecule has 100 valence electrons. The van der Waals surface area contributed by atoms with Crippen molar-refractivity contribution in [3.05, 3.63) is 24.0 Å². The molecule has 1 aliphatic heterocycles. The molecule has 0 amide bonds. The lowest BCUT2D eigenvalue weighted by molar-refractivity contribution is 0.270. The Bertz CT molecular complexity index is 380. The van der Waals surface area contributed by atoms with Crippen molar-refractivity contribution in [2.75, 3.05) is 31.6 Å². The average molecular weight is 248 g/mol. The summed E-state index contributed by atoms with van der Waals surface area (Å²) >= 11 is 0. The summed E-state index contributed by atoms with van der Waals surface area (Å²) in [5.41, 5.74) is 7.91. The first kappa shape index (κ1) is 13.3. The van der Waals surface area contributed by atoms with Crippen LogP contribution in [0.2, 0.25) is 0 Å². The van der Waals surface area contributed by atoms with Crippen LogP contribution in [0, 0.1) is 0 Å². The molecule has 4 heteroatoms. The van der Waals surface area contributed by atoms with Crippen LogP contribution in [0.3, 0.4) is 0 Å². The fourth-order valence-corrected chi connectivity index (χ4v) is 2.87. The number of likely N-dealkylation sites (N-methyl/N-ethyl adjacent to an activating group) is 2. The highest BCUT2D eigenvalue weighted by Crippen LogP contribution is 2.21. The van der Waals surface area contributed by atoms with Gasteiger partial charge in [-0.05, 0) is 38.1 Å². The molecule has 1 fully saturated rings. The number of nitrogens with two attached hydrogens (primary N) is 1. The maximum Gasteiger partial charge on any atom is 0.0772 e. The first-order chi connectivity index (χ1) is 8.76. The van der Waals surface area contributed by atoms with Gasteiger partial charge >= 0.3 is 0 Å². The molecule has 2 N–H and O–H groups in total. The van der Waals surface area contributed by atoms with Crippen molar-refractivity contribution in [3.63, 3.8) is 0 Å². The van der Waals surface area contributed by atoms with E-state index in [1.165, 1.54) is 25.1 Å². The zero-order valence-electron chi connectivity index (χ0n) is 11.5. The first-order valence-corrected chi connectivity index (χ1v) is 6.85. The van der Waals surface area contributed by atoms with Crippen LogP contribution in [-0.4, -0.2) is 42.6 Å². The van der Waals surface area contributed by atoms with Crippen LogP contribution in [0.15, 0.2) is 18.3 Å². The van der Waals surface area contributed by atoms with E-state index in [0.717, 1.165) is 18.8 Å². The van der Waals surface area contributed by atoms with Gasteiger partial charge in [0.1, 0.15) is 0 Å². The van der Waals surface area contributed by atoms with Crippen LogP contribution in [0.1, 0.15) is 25.5 Å². The number of anilines is 1. The van der Waals surface area contributed by atoms with E-state index in [2.05, 4.69) is 34.8 Å². The molecule has 1 unspecified atom stereocenters. The van der Waals surface area contributed by atoms with Crippen LogP contribution in [-0.2, 0) is 6.54 Å². The van der Waals surface area contributed by atoms with Gasteiger partial charge in [0.05, 0.1) is 11.4 Å². The summed E-state index contributed by atoms with van der Waals surface area (Å²) in [6, 6.07) is 4.77. The Morgan fingerprint density at radius 3 is 3.11 bits per heavy atom. The molecule has 0 aliphatic carbocycles. The van der Waals surface area contributed by atoms with Gasteiger partial charge in [-0.15, -0.1) is 0 Å². The smallest absolute Gasteiger partial charge is 0.0772 e. The van der Waals surface area contributed by atoms with Crippen molar-refractivity contribution >= 4 is 5.69 Å². The van der Waals surface area contributed by atoms with Gasteiger partial charge in [0.2, 0.25) is 0 Å². The Morgan fingerprint density at radius 2 is 2.39 bits per heavy atom. The van der Waals surface area contributed by atoms with Gasteiger partial charge in [-0.25, -0.2) is 0 Å². The second-order valence-corrected chi connectivity index (χ2v) is 4.98. The quantitative estimate of drug-likeness (QED) is 0.857. The third-order valence-corrected chi connectivity index (χ3v) is 3.86. The highest BCUT2D eigenvalue weighted by atomic mass is 15.2. The highest BCUT2D eigenvalue weighted by molar-refractivity contribution is 5.49. The fourth-order valence-electron chi connectivity index (χ4n) is 2.87. The predicted molar refractivity (Wildman–Crippen MR) is 75.7 cm³/mol. The van der Waals surface area contributed by atoms with Crippen molar-refractivity contribution in [1.29, 1.82) is 0 Å². The van der Waals surface area contributed by atoms with Gasteiger partial charge in [0.25, 0.3) is 0 Å². The molecule has 0 aromatic carbocycles. The number of likely N-dealkylation sites (tertiary alicyclic amines) is 1. The SMILES string of the molecule is CCN1CCCC1CN(C)c1cccnc1CN. The van der Waals surface area contributed by atoms with Crippen LogP contribution >= 0.6 is 0 Å². The van der Waals surface area contributed by atoms with Gasteiger partial charge in [-0.2, -0.15) is 0 Å². The minimum Gasteiger partial charge on any atom is -0.372 e. The maximum atomic E-state index is 5.75. The summed E-state index contributed by atoms with van der Waals surface area (Å²) in [6.45, 7) is 6.20. The topological polar surface area (TPSA) is 45.4 Å². The maximum absolute atomic E-state index is 5.75. The van der Waals surface area contributed by atoms with Crippen LogP contribution < -0.4 is 10.6 Å². The van der Waals surface area contributed by atoms with Gasteiger partial charge in [-0.1, -0.05) is 6.92 Å². The largest absolute Gasteiger partial charge is 0.372 e. The summed E-state index contributed by atoms with van der Waals surface area (Å²) in [5.74, 6) is 0. The van der Waals surface area contributed by atoms with Gasteiger partial charge in [-0.3, -0.25) is 9.88 Å². The van der Waals surface area contributed by atoms with Crippen molar-refractivity contribution in [2.24, 2.45) is 5.73 Å². The summed E-state index contributed by atoms with van der Waals surface area (Å²) in [4.78, 5) is 9.22. The lowest BCUT2D eigenvalue weighted by Crippen LogP contribution is -2.39. The number of hydrogen-bond donors (Lipinski definition) is 1. The number of pyridine rings is 1. The second kappa shape index (κ2) is 6.16.